The zero-order chi connectivity index (χ0) is 18.4. The van der Waals surface area contributed by atoms with Gasteiger partial charge >= 0.3 is 0 Å². The minimum absolute atomic E-state index is 0.0444. The second-order valence-electron chi connectivity index (χ2n) is 8.28. The van der Waals surface area contributed by atoms with Gasteiger partial charge in [0.1, 0.15) is 0 Å². The fourth-order valence-electron chi connectivity index (χ4n) is 3.53. The van der Waals surface area contributed by atoms with E-state index in [0.717, 1.165) is 38.5 Å². The standard InChI is InChI=1S/2C9H17NO2/c2*1-9(2)6-7(4-3-5-11)8(12)10-9/h2*7,11H,3-6H2,1-2H3,(H,10,12)/t7-;/m0./s1. The van der Waals surface area contributed by atoms with E-state index in [1.54, 1.807) is 0 Å². The smallest absolute Gasteiger partial charge is 0.223 e. The van der Waals surface area contributed by atoms with E-state index < -0.39 is 0 Å². The molecule has 0 aromatic heterocycles. The Labute approximate surface area is 145 Å². The Bertz CT molecular complexity index is 395. The third-order valence-electron chi connectivity index (χ3n) is 4.60. The Hall–Kier alpha value is -1.14. The Morgan fingerprint density at radius 3 is 1.38 bits per heavy atom. The number of aliphatic hydroxyl groups excluding tert-OH is 2. The van der Waals surface area contributed by atoms with Crippen LogP contribution >= 0.6 is 0 Å². The van der Waals surface area contributed by atoms with Gasteiger partial charge in [0.15, 0.2) is 0 Å². The predicted octanol–water partition coefficient (Wildman–Crippen LogP) is 1.35. The van der Waals surface area contributed by atoms with E-state index in [2.05, 4.69) is 10.6 Å². The molecule has 0 aromatic carbocycles. The van der Waals surface area contributed by atoms with Crippen LogP contribution in [0, 0.1) is 11.8 Å². The Balaban J connectivity index is 0.000000240. The molecule has 6 heteroatoms. The second-order valence-corrected chi connectivity index (χ2v) is 8.28. The maximum atomic E-state index is 11.3. The van der Waals surface area contributed by atoms with E-state index in [1.165, 1.54) is 0 Å². The lowest BCUT2D eigenvalue weighted by Crippen LogP contribution is -2.34. The quantitative estimate of drug-likeness (QED) is 0.585. The first-order valence-electron chi connectivity index (χ1n) is 8.96. The molecule has 6 nitrogen and oxygen atoms in total. The van der Waals surface area contributed by atoms with E-state index in [1.807, 2.05) is 27.7 Å². The van der Waals surface area contributed by atoms with Gasteiger partial charge in [-0.3, -0.25) is 9.59 Å². The zero-order valence-electron chi connectivity index (χ0n) is 15.5. The molecule has 4 N–H and O–H groups in total. The largest absolute Gasteiger partial charge is 0.396 e. The summed E-state index contributed by atoms with van der Waals surface area (Å²) in [7, 11) is 0. The lowest BCUT2D eigenvalue weighted by molar-refractivity contribution is -0.123. The van der Waals surface area contributed by atoms with Crippen molar-refractivity contribution >= 4 is 11.8 Å². The van der Waals surface area contributed by atoms with Crippen LogP contribution in [0.2, 0.25) is 0 Å². The number of amides is 2. The number of carbonyl (C=O) groups excluding carboxylic acids is 2. The first kappa shape index (κ1) is 20.9. The third kappa shape index (κ3) is 6.77. The number of aliphatic hydroxyl groups is 2. The van der Waals surface area contributed by atoms with Crippen molar-refractivity contribution in [3.63, 3.8) is 0 Å². The van der Waals surface area contributed by atoms with Crippen molar-refractivity contribution in [3.8, 4) is 0 Å². The van der Waals surface area contributed by atoms with Crippen LogP contribution in [0.15, 0.2) is 0 Å². The monoisotopic (exact) mass is 342 g/mol. The lowest BCUT2D eigenvalue weighted by atomic mass is 9.93. The first-order valence-corrected chi connectivity index (χ1v) is 8.96. The van der Waals surface area contributed by atoms with Gasteiger partial charge in [-0.15, -0.1) is 0 Å². The summed E-state index contributed by atoms with van der Waals surface area (Å²) in [5.74, 6) is 0.529. The average Bonchev–Trinajstić information content (AvgIpc) is 2.88. The number of rotatable bonds is 6. The highest BCUT2D eigenvalue weighted by Gasteiger charge is 2.37. The summed E-state index contributed by atoms with van der Waals surface area (Å²) in [6, 6.07) is 0. The van der Waals surface area contributed by atoms with E-state index in [-0.39, 0.29) is 47.9 Å². The molecule has 2 amide bonds. The Kier molecular flexibility index (Phi) is 7.67. The number of hydrogen-bond acceptors (Lipinski definition) is 4. The number of nitrogens with one attached hydrogen (secondary N) is 2. The molecule has 2 saturated heterocycles. The van der Waals surface area contributed by atoms with Gasteiger partial charge in [-0.25, -0.2) is 0 Å². The molecule has 2 fully saturated rings. The molecule has 0 aliphatic carbocycles. The summed E-state index contributed by atoms with van der Waals surface area (Å²) in [5.41, 5.74) is -0.0889. The van der Waals surface area contributed by atoms with Crippen LogP contribution in [0.3, 0.4) is 0 Å². The van der Waals surface area contributed by atoms with Gasteiger partial charge in [0, 0.05) is 36.1 Å². The molecule has 2 atom stereocenters. The molecule has 0 spiro atoms. The molecular weight excluding hydrogens is 308 g/mol. The van der Waals surface area contributed by atoms with Crippen molar-refractivity contribution in [2.75, 3.05) is 13.2 Å². The molecule has 2 aliphatic rings. The van der Waals surface area contributed by atoms with Gasteiger partial charge in [-0.1, -0.05) is 0 Å². The van der Waals surface area contributed by atoms with Gasteiger partial charge in [0.05, 0.1) is 0 Å². The summed E-state index contributed by atoms with van der Waals surface area (Å²) in [5, 5.41) is 23.1. The van der Waals surface area contributed by atoms with E-state index in [0.29, 0.717) is 0 Å². The van der Waals surface area contributed by atoms with Crippen LogP contribution in [-0.4, -0.2) is 46.3 Å². The average molecular weight is 342 g/mol. The van der Waals surface area contributed by atoms with Crippen molar-refractivity contribution in [1.82, 2.24) is 10.6 Å². The summed E-state index contributed by atoms with van der Waals surface area (Å²) in [4.78, 5) is 22.6. The maximum Gasteiger partial charge on any atom is 0.223 e. The summed E-state index contributed by atoms with van der Waals surface area (Å²) in [6.07, 6.45) is 4.87. The van der Waals surface area contributed by atoms with Crippen LogP contribution in [0.4, 0.5) is 0 Å². The van der Waals surface area contributed by atoms with Gasteiger partial charge in [-0.05, 0) is 66.2 Å². The highest BCUT2D eigenvalue weighted by Crippen LogP contribution is 2.28. The van der Waals surface area contributed by atoms with Gasteiger partial charge in [0.25, 0.3) is 0 Å². The summed E-state index contributed by atoms with van der Waals surface area (Å²) >= 11 is 0. The van der Waals surface area contributed by atoms with Crippen molar-refractivity contribution in [1.29, 1.82) is 0 Å². The lowest BCUT2D eigenvalue weighted by Gasteiger charge is -2.16. The maximum absolute atomic E-state index is 11.3. The molecule has 0 aromatic rings. The van der Waals surface area contributed by atoms with Crippen molar-refractivity contribution in [2.24, 2.45) is 11.8 Å². The van der Waals surface area contributed by atoms with E-state index >= 15 is 0 Å². The highest BCUT2D eigenvalue weighted by atomic mass is 16.3. The van der Waals surface area contributed by atoms with Gasteiger partial charge in [0.2, 0.25) is 11.8 Å². The zero-order valence-corrected chi connectivity index (χ0v) is 15.5. The molecular formula is C18H34N2O4. The fraction of sp³-hybridized carbons (Fsp3) is 0.889. The van der Waals surface area contributed by atoms with Crippen molar-refractivity contribution in [3.05, 3.63) is 0 Å². The molecule has 140 valence electrons. The number of hydrogen-bond donors (Lipinski definition) is 4. The molecule has 2 rings (SSSR count). The normalized spacial score (nSPS) is 27.2. The predicted molar refractivity (Wildman–Crippen MR) is 93.3 cm³/mol. The molecule has 0 saturated carbocycles. The molecule has 1 unspecified atom stereocenters. The minimum Gasteiger partial charge on any atom is -0.396 e. The molecule has 24 heavy (non-hydrogen) atoms. The Morgan fingerprint density at radius 1 is 0.833 bits per heavy atom. The van der Waals surface area contributed by atoms with Crippen LogP contribution in [0.1, 0.15) is 66.2 Å². The van der Waals surface area contributed by atoms with Crippen LogP contribution in [0.5, 0.6) is 0 Å². The second kappa shape index (κ2) is 8.81. The molecule has 0 bridgehead atoms. The van der Waals surface area contributed by atoms with E-state index in [4.69, 9.17) is 10.2 Å². The van der Waals surface area contributed by atoms with Crippen molar-refractivity contribution in [2.45, 2.75) is 77.3 Å². The fourth-order valence-corrected chi connectivity index (χ4v) is 3.53. The van der Waals surface area contributed by atoms with Gasteiger partial charge in [-0.2, -0.15) is 0 Å². The molecule has 2 aliphatic heterocycles. The number of carbonyl (C=O) groups is 2. The Morgan fingerprint density at radius 2 is 1.17 bits per heavy atom. The first-order chi connectivity index (χ1) is 11.1. The highest BCUT2D eigenvalue weighted by molar-refractivity contribution is 5.82. The minimum atomic E-state index is -0.0444. The van der Waals surface area contributed by atoms with Crippen LogP contribution in [-0.2, 0) is 9.59 Å². The SMILES string of the molecule is CC1(C)CC(CCCO)C(=O)N1.CC1(C)C[C@H](CCCO)C(=O)N1. The topological polar surface area (TPSA) is 98.7 Å². The van der Waals surface area contributed by atoms with Crippen molar-refractivity contribution < 1.29 is 19.8 Å². The van der Waals surface area contributed by atoms with Crippen LogP contribution < -0.4 is 10.6 Å². The molecule has 0 radical (unpaired) electrons. The molecule has 2 heterocycles. The van der Waals surface area contributed by atoms with Gasteiger partial charge < -0.3 is 20.8 Å². The summed E-state index contributed by atoms with van der Waals surface area (Å²) in [6.45, 7) is 8.50. The van der Waals surface area contributed by atoms with Crippen LogP contribution in [0.25, 0.3) is 0 Å². The third-order valence-corrected chi connectivity index (χ3v) is 4.60. The van der Waals surface area contributed by atoms with E-state index in [9.17, 15) is 9.59 Å². The summed E-state index contributed by atoms with van der Waals surface area (Å²) < 4.78 is 0.